The normalized spacial score (nSPS) is 12.1. The van der Waals surface area contributed by atoms with Crippen molar-refractivity contribution in [3.05, 3.63) is 67.8 Å². The molecule has 0 unspecified atom stereocenters. The van der Waals surface area contributed by atoms with Crippen LogP contribution in [0.4, 0.5) is 11.4 Å². The van der Waals surface area contributed by atoms with Crippen LogP contribution in [0.3, 0.4) is 0 Å². The first-order chi connectivity index (χ1) is 12.8. The predicted molar refractivity (Wildman–Crippen MR) is 114 cm³/mol. The monoisotopic (exact) mass is 616 g/mol. The van der Waals surface area contributed by atoms with E-state index in [1.807, 2.05) is 65.8 Å². The van der Waals surface area contributed by atoms with Gasteiger partial charge in [-0.05, 0) is 0 Å². The van der Waals surface area contributed by atoms with Gasteiger partial charge in [-0.1, -0.05) is 0 Å². The summed E-state index contributed by atoms with van der Waals surface area (Å²) in [5.41, 5.74) is 1.25. The maximum absolute atomic E-state index is 11.5. The summed E-state index contributed by atoms with van der Waals surface area (Å²) in [5, 5.41) is 23.0. The molecule has 0 N–H and O–H groups in total. The van der Waals surface area contributed by atoms with Gasteiger partial charge in [0.05, 0.1) is 0 Å². The Bertz CT molecular complexity index is 840. The molecule has 8 heteroatoms. The van der Waals surface area contributed by atoms with Crippen molar-refractivity contribution in [2.45, 2.75) is 52.4 Å². The first-order valence-electron chi connectivity index (χ1n) is 8.73. The third kappa shape index (κ3) is 5.67. The molecule has 0 saturated carbocycles. The van der Waals surface area contributed by atoms with Gasteiger partial charge in [0.1, 0.15) is 0 Å². The molecule has 2 aromatic carbocycles. The number of nitro groups is 2. The molecule has 0 atom stereocenters. The number of nitrogens with zero attached hydrogens (tertiary/aromatic N) is 2. The van der Waals surface area contributed by atoms with Crippen molar-refractivity contribution in [1.82, 2.24) is 0 Å². The van der Waals surface area contributed by atoms with Crippen molar-refractivity contribution >= 4 is 52.7 Å². The second-order valence-corrected chi connectivity index (χ2v) is 18.6. The fourth-order valence-corrected chi connectivity index (χ4v) is 12.6. The molecule has 2 aromatic rings. The number of nitro benzene ring substituents is 2. The molecule has 0 aromatic heterocycles. The van der Waals surface area contributed by atoms with Crippen LogP contribution in [-0.2, 0) is 10.8 Å². The number of hydrogen-bond acceptors (Lipinski definition) is 4. The van der Waals surface area contributed by atoms with E-state index in [2.05, 4.69) is 0 Å². The number of rotatable bonds is 5. The fourth-order valence-electron chi connectivity index (χ4n) is 2.79. The summed E-state index contributed by atoms with van der Waals surface area (Å²) in [6, 6.07) is 11.2. The third-order valence-corrected chi connectivity index (χ3v) is 15.9. The summed E-state index contributed by atoms with van der Waals surface area (Å²) in [6.07, 6.45) is 0. The van der Waals surface area contributed by atoms with Gasteiger partial charge in [-0.25, -0.2) is 0 Å². The molecule has 0 aliphatic carbocycles. The molecule has 0 radical (unpaired) electrons. The van der Waals surface area contributed by atoms with E-state index in [4.69, 9.17) is 0 Å². The first-order valence-corrected chi connectivity index (χ1v) is 18.4. The van der Waals surface area contributed by atoms with Gasteiger partial charge in [-0.15, -0.1) is 0 Å². The zero-order chi connectivity index (χ0) is 21.3. The molecule has 0 aliphatic rings. The average molecular weight is 612 g/mol. The third-order valence-electron chi connectivity index (χ3n) is 4.18. The van der Waals surface area contributed by atoms with Gasteiger partial charge >= 0.3 is 183 Å². The Balaban J connectivity index is 2.29. The van der Waals surface area contributed by atoms with E-state index in [0.717, 1.165) is 18.3 Å². The summed E-state index contributed by atoms with van der Waals surface area (Å²) in [4.78, 5) is 22.4. The van der Waals surface area contributed by atoms with Crippen molar-refractivity contribution in [2.24, 2.45) is 0 Å². The van der Waals surface area contributed by atoms with E-state index in [0.29, 0.717) is 0 Å². The molecule has 0 bridgehead atoms. The minimum atomic E-state index is -0.616. The quantitative estimate of drug-likeness (QED) is 0.295. The average Bonchev–Trinajstić information content (AvgIpc) is 2.57. The summed E-state index contributed by atoms with van der Waals surface area (Å²) in [6.45, 7) is 11.8. The predicted octanol–water partition coefficient (Wildman–Crippen LogP) is 3.37. The topological polar surface area (TPSA) is 86.3 Å². The van der Waals surface area contributed by atoms with Crippen LogP contribution in [0.1, 0.15) is 52.7 Å². The molecular formula is C20H24N2O4Te2. The van der Waals surface area contributed by atoms with E-state index in [1.54, 1.807) is 12.1 Å². The van der Waals surface area contributed by atoms with Crippen molar-refractivity contribution in [2.75, 3.05) is 0 Å². The fraction of sp³-hybridized carbons (Fsp3) is 0.400. The summed E-state index contributed by atoms with van der Waals surface area (Å²) >= 11 is -1.23. The molecule has 2 rings (SSSR count). The molecule has 28 heavy (non-hydrogen) atoms. The standard InChI is InChI=1S/C20H24N2O4Te2/c1-19(2,3)15-9-7-13(11-17(15)21(23)24)27-28-14-8-10-16(20(4,5)6)18(12-14)22(25)26/h7-12H,1-6H3. The minimum absolute atomic E-state index is 0.177. The van der Waals surface area contributed by atoms with Gasteiger partial charge in [0, 0.05) is 0 Å². The summed E-state index contributed by atoms with van der Waals surface area (Å²) in [7, 11) is 0. The second kappa shape index (κ2) is 8.67. The Morgan fingerprint density at radius 1 is 0.679 bits per heavy atom. The van der Waals surface area contributed by atoms with Crippen LogP contribution in [0, 0.1) is 20.2 Å². The second-order valence-electron chi connectivity index (χ2n) is 8.54. The Hall–Kier alpha value is -1.18. The first kappa shape index (κ1) is 23.1. The van der Waals surface area contributed by atoms with E-state index in [9.17, 15) is 20.2 Å². The Morgan fingerprint density at radius 3 is 1.25 bits per heavy atom. The SMILES string of the molecule is CC(C)(C)c1ccc([Te][Te]c2ccc(C(C)(C)C)c([N+](=O)[O-])c2)cc1[N+](=O)[O-]. The van der Waals surface area contributed by atoms with Crippen LogP contribution >= 0.6 is 0 Å². The number of hydrogen-bond donors (Lipinski definition) is 0. The zero-order valence-electron chi connectivity index (χ0n) is 16.8. The van der Waals surface area contributed by atoms with Crippen LogP contribution < -0.4 is 7.22 Å². The maximum atomic E-state index is 11.5. The van der Waals surface area contributed by atoms with Gasteiger partial charge in [-0.3, -0.25) is 0 Å². The van der Waals surface area contributed by atoms with E-state index in [1.165, 1.54) is 0 Å². The van der Waals surface area contributed by atoms with E-state index >= 15 is 0 Å². The van der Waals surface area contributed by atoms with Gasteiger partial charge in [0.15, 0.2) is 0 Å². The van der Waals surface area contributed by atoms with Crippen molar-refractivity contribution in [3.63, 3.8) is 0 Å². The Morgan fingerprint density at radius 2 is 1.00 bits per heavy atom. The molecule has 0 heterocycles. The van der Waals surface area contributed by atoms with Crippen LogP contribution in [-0.4, -0.2) is 44.0 Å². The summed E-state index contributed by atoms with van der Waals surface area (Å²) in [5.74, 6) is 0. The van der Waals surface area contributed by atoms with Crippen LogP contribution in [0.15, 0.2) is 36.4 Å². The zero-order valence-corrected chi connectivity index (χ0v) is 21.5. The molecular weight excluding hydrogens is 587 g/mol. The molecule has 6 nitrogen and oxygen atoms in total. The van der Waals surface area contributed by atoms with Crippen molar-refractivity contribution < 1.29 is 9.85 Å². The van der Waals surface area contributed by atoms with Crippen LogP contribution in [0.5, 0.6) is 0 Å². The Kier molecular flexibility index (Phi) is 7.16. The van der Waals surface area contributed by atoms with Gasteiger partial charge in [0.2, 0.25) is 0 Å². The molecule has 0 spiro atoms. The van der Waals surface area contributed by atoms with E-state index < -0.39 is 34.1 Å². The van der Waals surface area contributed by atoms with Crippen molar-refractivity contribution in [3.8, 4) is 0 Å². The number of benzene rings is 2. The van der Waals surface area contributed by atoms with Crippen LogP contribution in [0.25, 0.3) is 0 Å². The Labute approximate surface area is 181 Å². The van der Waals surface area contributed by atoms with Crippen molar-refractivity contribution in [1.29, 1.82) is 0 Å². The molecule has 0 amide bonds. The van der Waals surface area contributed by atoms with Gasteiger partial charge in [0.25, 0.3) is 0 Å². The molecule has 0 fully saturated rings. The van der Waals surface area contributed by atoms with Gasteiger partial charge in [-0.2, -0.15) is 0 Å². The van der Waals surface area contributed by atoms with Gasteiger partial charge < -0.3 is 0 Å². The van der Waals surface area contributed by atoms with Crippen LogP contribution in [0.2, 0.25) is 0 Å². The molecule has 0 aliphatic heterocycles. The molecule has 0 saturated heterocycles. The van der Waals surface area contributed by atoms with E-state index in [-0.39, 0.29) is 32.1 Å². The summed E-state index contributed by atoms with van der Waals surface area (Å²) < 4.78 is 2.07. The molecule has 150 valence electrons.